The van der Waals surface area contributed by atoms with Crippen LogP contribution in [0.15, 0.2) is 28.9 Å². The Hall–Kier alpha value is -3.13. The van der Waals surface area contributed by atoms with Gasteiger partial charge >= 0.3 is 12.1 Å². The first kappa shape index (κ1) is 27.9. The predicted molar refractivity (Wildman–Crippen MR) is 129 cm³/mol. The van der Waals surface area contributed by atoms with Gasteiger partial charge in [-0.3, -0.25) is 9.58 Å². The summed E-state index contributed by atoms with van der Waals surface area (Å²) >= 11 is 6.59. The summed E-state index contributed by atoms with van der Waals surface area (Å²) in [7, 11) is 1.08. The first-order valence-corrected chi connectivity index (χ1v) is 12.1. The number of aromatic nitrogens is 3. The van der Waals surface area contributed by atoms with Crippen LogP contribution in [0.3, 0.4) is 0 Å². The SMILES string of the molecule is COC(=O)c1c(-c2cccc(OCCN3CCOCC3)c2Cl)noc1-c1cnn(CC(C)O)c1C(F)(F)F. The van der Waals surface area contributed by atoms with Crippen LogP contribution >= 0.6 is 11.6 Å². The molecule has 0 spiro atoms. The van der Waals surface area contributed by atoms with Crippen molar-refractivity contribution in [3.05, 3.63) is 40.7 Å². The maximum atomic E-state index is 14.0. The maximum absolute atomic E-state index is 14.0. The maximum Gasteiger partial charge on any atom is 0.433 e. The summed E-state index contributed by atoms with van der Waals surface area (Å²) in [6, 6.07) is 4.78. The minimum atomic E-state index is -4.88. The summed E-state index contributed by atoms with van der Waals surface area (Å²) in [5.41, 5.74) is -2.02. The number of benzene rings is 1. The number of halogens is 4. The average Bonchev–Trinajstić information content (AvgIpc) is 3.49. The average molecular weight is 559 g/mol. The number of hydrogen-bond acceptors (Lipinski definition) is 9. The Morgan fingerprint density at radius 3 is 2.66 bits per heavy atom. The van der Waals surface area contributed by atoms with E-state index in [1.54, 1.807) is 12.1 Å². The number of esters is 1. The van der Waals surface area contributed by atoms with E-state index in [2.05, 4.69) is 15.2 Å². The minimum absolute atomic E-state index is 0.0975. The number of alkyl halides is 3. The van der Waals surface area contributed by atoms with Crippen LogP contribution in [-0.2, 0) is 22.2 Å². The van der Waals surface area contributed by atoms with Gasteiger partial charge in [0.05, 0.1) is 49.8 Å². The zero-order chi connectivity index (χ0) is 27.4. The molecule has 1 aliphatic rings. The molecule has 1 aromatic carbocycles. The highest BCUT2D eigenvalue weighted by molar-refractivity contribution is 6.35. The number of carbonyl (C=O) groups is 1. The van der Waals surface area contributed by atoms with Gasteiger partial charge in [0.1, 0.15) is 23.6 Å². The molecule has 14 heteroatoms. The molecule has 4 rings (SSSR count). The van der Waals surface area contributed by atoms with E-state index in [0.29, 0.717) is 36.8 Å². The van der Waals surface area contributed by atoms with Gasteiger partial charge < -0.3 is 23.8 Å². The zero-order valence-electron chi connectivity index (χ0n) is 20.6. The van der Waals surface area contributed by atoms with Gasteiger partial charge in [0.2, 0.25) is 0 Å². The molecule has 1 fully saturated rings. The number of nitrogens with zero attached hydrogens (tertiary/aromatic N) is 4. The van der Waals surface area contributed by atoms with Crippen molar-refractivity contribution < 1.29 is 41.8 Å². The van der Waals surface area contributed by atoms with Crippen molar-refractivity contribution in [1.82, 2.24) is 19.8 Å². The summed E-state index contributed by atoms with van der Waals surface area (Å²) in [6.07, 6.45) is -5.10. The van der Waals surface area contributed by atoms with Crippen LogP contribution in [0.4, 0.5) is 13.2 Å². The summed E-state index contributed by atoms with van der Waals surface area (Å²) in [5, 5.41) is 17.4. The molecule has 0 saturated carbocycles. The van der Waals surface area contributed by atoms with Crippen LogP contribution in [0.25, 0.3) is 22.6 Å². The number of rotatable bonds is 9. The molecule has 1 atom stereocenters. The van der Waals surface area contributed by atoms with Crippen LogP contribution in [0.5, 0.6) is 5.75 Å². The highest BCUT2D eigenvalue weighted by Gasteiger charge is 2.41. The van der Waals surface area contributed by atoms with Crippen LogP contribution in [0.1, 0.15) is 23.0 Å². The van der Waals surface area contributed by atoms with Crippen molar-refractivity contribution in [1.29, 1.82) is 0 Å². The molecule has 38 heavy (non-hydrogen) atoms. The quantitative estimate of drug-likeness (QED) is 0.392. The van der Waals surface area contributed by atoms with Gasteiger partial charge in [0, 0.05) is 25.2 Å². The molecule has 0 bridgehead atoms. The number of methoxy groups -OCH3 is 1. The van der Waals surface area contributed by atoms with Gasteiger partial charge in [-0.1, -0.05) is 28.9 Å². The van der Waals surface area contributed by atoms with E-state index in [1.165, 1.54) is 13.0 Å². The summed E-state index contributed by atoms with van der Waals surface area (Å²) < 4.78 is 64.0. The normalized spacial score (nSPS) is 15.4. The van der Waals surface area contributed by atoms with Crippen molar-refractivity contribution in [2.24, 2.45) is 0 Å². The zero-order valence-corrected chi connectivity index (χ0v) is 21.4. The van der Waals surface area contributed by atoms with E-state index in [1.807, 2.05) is 0 Å². The van der Waals surface area contributed by atoms with Crippen molar-refractivity contribution in [2.45, 2.75) is 25.7 Å². The smallest absolute Gasteiger partial charge is 0.433 e. The summed E-state index contributed by atoms with van der Waals surface area (Å²) in [6.45, 7) is 4.73. The largest absolute Gasteiger partial charge is 0.491 e. The Kier molecular flexibility index (Phi) is 8.61. The lowest BCUT2D eigenvalue weighted by Crippen LogP contribution is -2.38. The highest BCUT2D eigenvalue weighted by atomic mass is 35.5. The fourth-order valence-electron chi connectivity index (χ4n) is 4.10. The number of ether oxygens (including phenoxy) is 3. The monoisotopic (exact) mass is 558 g/mol. The number of carbonyl (C=O) groups excluding carboxylic acids is 1. The van der Waals surface area contributed by atoms with Crippen LogP contribution < -0.4 is 4.74 Å². The molecule has 206 valence electrons. The Balaban J connectivity index is 1.71. The van der Waals surface area contributed by atoms with Gasteiger partial charge in [-0.2, -0.15) is 18.3 Å². The molecule has 1 N–H and O–H groups in total. The van der Waals surface area contributed by atoms with Crippen molar-refractivity contribution in [3.8, 4) is 28.3 Å². The van der Waals surface area contributed by atoms with Crippen LogP contribution in [-0.4, -0.2) is 83.6 Å². The second-order valence-electron chi connectivity index (χ2n) is 8.58. The Morgan fingerprint density at radius 1 is 1.26 bits per heavy atom. The molecule has 0 amide bonds. The van der Waals surface area contributed by atoms with E-state index in [9.17, 15) is 23.1 Å². The van der Waals surface area contributed by atoms with Gasteiger partial charge in [0.15, 0.2) is 11.5 Å². The van der Waals surface area contributed by atoms with E-state index < -0.39 is 41.8 Å². The minimum Gasteiger partial charge on any atom is -0.491 e. The lowest BCUT2D eigenvalue weighted by atomic mass is 10.0. The van der Waals surface area contributed by atoms with E-state index in [4.69, 9.17) is 30.3 Å². The number of hydrogen-bond donors (Lipinski definition) is 1. The fraction of sp³-hybridized carbons (Fsp3) is 0.458. The molecule has 0 radical (unpaired) electrons. The lowest BCUT2D eigenvalue weighted by molar-refractivity contribution is -0.144. The van der Waals surface area contributed by atoms with Crippen molar-refractivity contribution >= 4 is 17.6 Å². The number of morpholine rings is 1. The molecule has 1 unspecified atom stereocenters. The van der Waals surface area contributed by atoms with Gasteiger partial charge in [-0.25, -0.2) is 4.79 Å². The number of aliphatic hydroxyl groups is 1. The molecule has 0 aliphatic carbocycles. The third-order valence-electron chi connectivity index (χ3n) is 5.86. The third kappa shape index (κ3) is 5.96. The second kappa shape index (κ2) is 11.7. The fourth-order valence-corrected chi connectivity index (χ4v) is 4.37. The van der Waals surface area contributed by atoms with Gasteiger partial charge in [0.25, 0.3) is 0 Å². The lowest BCUT2D eigenvalue weighted by Gasteiger charge is -2.26. The van der Waals surface area contributed by atoms with E-state index >= 15 is 0 Å². The van der Waals surface area contributed by atoms with Crippen molar-refractivity contribution in [3.63, 3.8) is 0 Å². The Labute approximate surface area is 220 Å². The molecular weight excluding hydrogens is 533 g/mol. The van der Waals surface area contributed by atoms with Gasteiger partial charge in [-0.15, -0.1) is 0 Å². The molecule has 1 aliphatic heterocycles. The molecular formula is C24H26ClF3N4O6. The molecule has 1 saturated heterocycles. The predicted octanol–water partition coefficient (Wildman–Crippen LogP) is 3.76. The van der Waals surface area contributed by atoms with Crippen LogP contribution in [0, 0.1) is 0 Å². The molecule has 3 heterocycles. The molecule has 3 aromatic rings. The summed E-state index contributed by atoms with van der Waals surface area (Å²) in [5.74, 6) is -1.17. The second-order valence-corrected chi connectivity index (χ2v) is 8.96. The standard InChI is InChI=1S/C24H26ClF3N4O6/c1-14(33)13-32-22(24(26,27)28)16(12-29-32)21-18(23(34)35-2)20(30-38-21)15-4-3-5-17(19(15)25)37-11-8-31-6-9-36-10-7-31/h3-5,12,14,33H,6-11,13H2,1-2H3. The Morgan fingerprint density at radius 2 is 2.00 bits per heavy atom. The third-order valence-corrected chi connectivity index (χ3v) is 6.25. The first-order valence-electron chi connectivity index (χ1n) is 11.7. The number of aliphatic hydroxyl groups excluding tert-OH is 1. The first-order chi connectivity index (χ1) is 18.1. The topological polar surface area (TPSA) is 112 Å². The Bertz CT molecular complexity index is 1270. The van der Waals surface area contributed by atoms with Crippen LogP contribution in [0.2, 0.25) is 5.02 Å². The van der Waals surface area contributed by atoms with E-state index in [-0.39, 0.29) is 21.8 Å². The molecule has 10 nitrogen and oxygen atoms in total. The molecule has 2 aromatic heterocycles. The van der Waals surface area contributed by atoms with Gasteiger partial charge in [-0.05, 0) is 13.0 Å². The van der Waals surface area contributed by atoms with Crippen molar-refractivity contribution in [2.75, 3.05) is 46.6 Å². The van der Waals surface area contributed by atoms with E-state index in [0.717, 1.165) is 26.4 Å². The highest BCUT2D eigenvalue weighted by Crippen LogP contribution is 2.43. The summed E-state index contributed by atoms with van der Waals surface area (Å²) in [4.78, 5) is 15.0.